The fourth-order valence-corrected chi connectivity index (χ4v) is 2.74. The van der Waals surface area contributed by atoms with Crippen molar-refractivity contribution < 1.29 is 9.53 Å². The summed E-state index contributed by atoms with van der Waals surface area (Å²) in [6, 6.07) is 9.50. The third kappa shape index (κ3) is 3.33. The SMILES string of the molecule is Cc1cc(NC(=O)[C@@H]2CCOc3ccccc32)nc(C(C)C)n1. The van der Waals surface area contributed by atoms with Crippen molar-refractivity contribution in [1.29, 1.82) is 0 Å². The Morgan fingerprint density at radius 1 is 1.30 bits per heavy atom. The van der Waals surface area contributed by atoms with Gasteiger partial charge >= 0.3 is 0 Å². The minimum absolute atomic E-state index is 0.0476. The number of ether oxygens (including phenoxy) is 1. The van der Waals surface area contributed by atoms with Crippen LogP contribution in [-0.4, -0.2) is 22.5 Å². The molecule has 1 N–H and O–H groups in total. The first kappa shape index (κ1) is 15.5. The molecule has 2 aromatic rings. The van der Waals surface area contributed by atoms with Gasteiger partial charge in [0.05, 0.1) is 12.5 Å². The Balaban J connectivity index is 1.83. The molecule has 23 heavy (non-hydrogen) atoms. The van der Waals surface area contributed by atoms with Gasteiger partial charge in [0, 0.05) is 23.2 Å². The number of anilines is 1. The predicted octanol–water partition coefficient (Wildman–Crippen LogP) is 3.41. The number of nitrogens with one attached hydrogen (secondary N) is 1. The van der Waals surface area contributed by atoms with E-state index in [2.05, 4.69) is 15.3 Å². The molecule has 2 heterocycles. The Labute approximate surface area is 136 Å². The lowest BCUT2D eigenvalue weighted by molar-refractivity contribution is -0.118. The van der Waals surface area contributed by atoms with Crippen LogP contribution in [0.4, 0.5) is 5.82 Å². The first-order chi connectivity index (χ1) is 11.0. The molecular weight excluding hydrogens is 290 g/mol. The molecule has 0 unspecified atom stereocenters. The Morgan fingerprint density at radius 2 is 2.09 bits per heavy atom. The van der Waals surface area contributed by atoms with E-state index in [9.17, 15) is 4.79 Å². The van der Waals surface area contributed by atoms with Crippen LogP contribution in [0, 0.1) is 6.92 Å². The van der Waals surface area contributed by atoms with E-state index in [1.165, 1.54) is 0 Å². The summed E-state index contributed by atoms with van der Waals surface area (Å²) < 4.78 is 5.62. The van der Waals surface area contributed by atoms with Crippen LogP contribution in [0.3, 0.4) is 0 Å². The molecule has 1 amide bonds. The third-order valence-electron chi connectivity index (χ3n) is 3.91. The number of fused-ring (bicyclic) bond motifs is 1. The molecule has 0 saturated carbocycles. The van der Waals surface area contributed by atoms with E-state index in [-0.39, 0.29) is 17.7 Å². The van der Waals surface area contributed by atoms with Crippen LogP contribution in [-0.2, 0) is 4.79 Å². The van der Waals surface area contributed by atoms with Crippen LogP contribution in [0.25, 0.3) is 0 Å². The maximum atomic E-state index is 12.7. The van der Waals surface area contributed by atoms with Gasteiger partial charge in [0.1, 0.15) is 17.4 Å². The molecule has 5 nitrogen and oxygen atoms in total. The minimum atomic E-state index is -0.210. The summed E-state index contributed by atoms with van der Waals surface area (Å²) in [4.78, 5) is 21.6. The van der Waals surface area contributed by atoms with E-state index >= 15 is 0 Å². The van der Waals surface area contributed by atoms with Crippen LogP contribution in [0.5, 0.6) is 5.75 Å². The molecule has 1 aliphatic heterocycles. The predicted molar refractivity (Wildman–Crippen MR) is 88.8 cm³/mol. The normalized spacial score (nSPS) is 16.6. The van der Waals surface area contributed by atoms with Crippen molar-refractivity contribution in [3.8, 4) is 5.75 Å². The zero-order chi connectivity index (χ0) is 16.4. The first-order valence-corrected chi connectivity index (χ1v) is 7.93. The average molecular weight is 311 g/mol. The number of rotatable bonds is 3. The quantitative estimate of drug-likeness (QED) is 0.943. The molecule has 5 heteroatoms. The molecular formula is C18H21N3O2. The summed E-state index contributed by atoms with van der Waals surface area (Å²) in [7, 11) is 0. The summed E-state index contributed by atoms with van der Waals surface area (Å²) in [6.45, 7) is 6.53. The second-order valence-corrected chi connectivity index (χ2v) is 6.12. The van der Waals surface area contributed by atoms with Gasteiger partial charge in [0.15, 0.2) is 0 Å². The molecule has 0 aliphatic carbocycles. The molecule has 1 aromatic heterocycles. The van der Waals surface area contributed by atoms with E-state index in [0.717, 1.165) is 22.8 Å². The van der Waals surface area contributed by atoms with E-state index < -0.39 is 0 Å². The van der Waals surface area contributed by atoms with Gasteiger partial charge in [-0.1, -0.05) is 32.0 Å². The van der Waals surface area contributed by atoms with Crippen molar-refractivity contribution in [3.63, 3.8) is 0 Å². The average Bonchev–Trinajstić information content (AvgIpc) is 2.53. The van der Waals surface area contributed by atoms with Gasteiger partial charge < -0.3 is 10.1 Å². The number of para-hydroxylation sites is 1. The maximum Gasteiger partial charge on any atom is 0.233 e. The summed E-state index contributed by atoms with van der Waals surface area (Å²) in [5.74, 6) is 2.06. The Hall–Kier alpha value is -2.43. The molecule has 1 atom stereocenters. The summed E-state index contributed by atoms with van der Waals surface area (Å²) in [5.41, 5.74) is 1.79. The van der Waals surface area contributed by atoms with E-state index in [1.54, 1.807) is 6.07 Å². The topological polar surface area (TPSA) is 64.1 Å². The number of carbonyl (C=O) groups excluding carboxylic acids is 1. The maximum absolute atomic E-state index is 12.7. The number of hydrogen-bond acceptors (Lipinski definition) is 4. The lowest BCUT2D eigenvalue weighted by Gasteiger charge is -2.25. The smallest absolute Gasteiger partial charge is 0.233 e. The molecule has 0 spiro atoms. The molecule has 3 rings (SSSR count). The van der Waals surface area contributed by atoms with Crippen LogP contribution in [0.15, 0.2) is 30.3 Å². The number of hydrogen-bond donors (Lipinski definition) is 1. The standard InChI is InChI=1S/C18H21N3O2/c1-11(2)17-19-12(3)10-16(20-17)21-18(22)14-8-9-23-15-7-5-4-6-13(14)15/h4-7,10-11,14H,8-9H2,1-3H3,(H,19,20,21,22)/t14-/m1/s1. The number of aromatic nitrogens is 2. The van der Waals surface area contributed by atoms with E-state index in [1.807, 2.05) is 45.0 Å². The molecule has 0 bridgehead atoms. The summed E-state index contributed by atoms with van der Waals surface area (Å²) in [6.07, 6.45) is 0.671. The summed E-state index contributed by atoms with van der Waals surface area (Å²) in [5, 5.41) is 2.94. The number of aryl methyl sites for hydroxylation is 1. The van der Waals surface area contributed by atoms with Gasteiger partial charge in [-0.3, -0.25) is 4.79 Å². The minimum Gasteiger partial charge on any atom is -0.493 e. The zero-order valence-electron chi connectivity index (χ0n) is 13.7. The highest BCUT2D eigenvalue weighted by atomic mass is 16.5. The number of benzene rings is 1. The first-order valence-electron chi connectivity index (χ1n) is 7.93. The lowest BCUT2D eigenvalue weighted by Crippen LogP contribution is -2.27. The summed E-state index contributed by atoms with van der Waals surface area (Å²) >= 11 is 0. The Kier molecular flexibility index (Phi) is 4.28. The van der Waals surface area contributed by atoms with Crippen LogP contribution in [0.1, 0.15) is 49.2 Å². The second-order valence-electron chi connectivity index (χ2n) is 6.12. The van der Waals surface area contributed by atoms with E-state index in [0.29, 0.717) is 18.8 Å². The molecule has 1 aromatic carbocycles. The fraction of sp³-hybridized carbons (Fsp3) is 0.389. The van der Waals surface area contributed by atoms with Gasteiger partial charge in [-0.2, -0.15) is 0 Å². The van der Waals surface area contributed by atoms with Crippen LogP contribution in [0.2, 0.25) is 0 Å². The number of carbonyl (C=O) groups is 1. The van der Waals surface area contributed by atoms with Crippen molar-refractivity contribution in [2.24, 2.45) is 0 Å². The molecule has 1 aliphatic rings. The van der Waals surface area contributed by atoms with Crippen molar-refractivity contribution in [1.82, 2.24) is 9.97 Å². The van der Waals surface area contributed by atoms with Crippen molar-refractivity contribution in [2.45, 2.75) is 39.0 Å². The van der Waals surface area contributed by atoms with Gasteiger partial charge in [-0.05, 0) is 19.4 Å². The fourth-order valence-electron chi connectivity index (χ4n) is 2.74. The van der Waals surface area contributed by atoms with Gasteiger partial charge in [0.25, 0.3) is 0 Å². The van der Waals surface area contributed by atoms with Crippen LogP contribution >= 0.6 is 0 Å². The lowest BCUT2D eigenvalue weighted by atomic mass is 9.92. The highest BCUT2D eigenvalue weighted by Gasteiger charge is 2.27. The highest BCUT2D eigenvalue weighted by Crippen LogP contribution is 2.34. The zero-order valence-corrected chi connectivity index (χ0v) is 13.7. The van der Waals surface area contributed by atoms with Crippen LogP contribution < -0.4 is 10.1 Å². The van der Waals surface area contributed by atoms with Gasteiger partial charge in [-0.25, -0.2) is 9.97 Å². The van der Waals surface area contributed by atoms with Gasteiger partial charge in [-0.15, -0.1) is 0 Å². The largest absolute Gasteiger partial charge is 0.493 e. The third-order valence-corrected chi connectivity index (χ3v) is 3.91. The molecule has 0 radical (unpaired) electrons. The van der Waals surface area contributed by atoms with Crippen molar-refractivity contribution in [2.75, 3.05) is 11.9 Å². The Morgan fingerprint density at radius 3 is 2.87 bits per heavy atom. The van der Waals surface area contributed by atoms with Crippen molar-refractivity contribution in [3.05, 3.63) is 47.4 Å². The van der Waals surface area contributed by atoms with Gasteiger partial charge in [0.2, 0.25) is 5.91 Å². The van der Waals surface area contributed by atoms with Crippen molar-refractivity contribution >= 4 is 11.7 Å². The molecule has 0 fully saturated rings. The Bertz CT molecular complexity index is 728. The number of amides is 1. The second kappa shape index (κ2) is 6.36. The van der Waals surface area contributed by atoms with E-state index in [4.69, 9.17) is 4.74 Å². The highest BCUT2D eigenvalue weighted by molar-refractivity contribution is 5.95. The monoisotopic (exact) mass is 311 g/mol. The number of nitrogens with zero attached hydrogens (tertiary/aromatic N) is 2. The molecule has 0 saturated heterocycles. The molecule has 120 valence electrons.